The average Bonchev–Trinajstić information content (AvgIpc) is 2.04. The molecule has 0 saturated heterocycles. The third-order valence-electron chi connectivity index (χ3n) is 1.59. The van der Waals surface area contributed by atoms with Gasteiger partial charge in [-0.25, -0.2) is 9.09 Å². The minimum Gasteiger partial charge on any atom is -0.330 e. The van der Waals surface area contributed by atoms with Gasteiger partial charge in [0.05, 0.1) is 0 Å². The Labute approximate surface area is 90.1 Å². The first-order chi connectivity index (χ1) is 6.12. The zero-order valence-corrected chi connectivity index (χ0v) is 9.46. The molecule has 0 heterocycles. The highest BCUT2D eigenvalue weighted by atomic mass is 35.5. The fourth-order valence-electron chi connectivity index (χ4n) is 0.929. The van der Waals surface area contributed by atoms with Crippen LogP contribution < -0.4 is 5.73 Å². The fourth-order valence-corrected chi connectivity index (χ4v) is 1.13. The number of halogens is 3. The summed E-state index contributed by atoms with van der Waals surface area (Å²) in [6.45, 7) is 0.589. The van der Waals surface area contributed by atoms with Gasteiger partial charge < -0.3 is 5.73 Å². The molecule has 0 aliphatic rings. The van der Waals surface area contributed by atoms with Crippen LogP contribution in [0.5, 0.6) is 0 Å². The summed E-state index contributed by atoms with van der Waals surface area (Å²) in [5, 5.41) is 0. The largest absolute Gasteiger partial charge is 0.365 e. The molecule has 0 atom stereocenters. The minimum absolute atomic E-state index is 0. The van der Waals surface area contributed by atoms with Gasteiger partial charge >= 0.3 is 14.8 Å². The van der Waals surface area contributed by atoms with E-state index >= 15 is 0 Å². The van der Waals surface area contributed by atoms with Crippen LogP contribution in [0, 0.1) is 0 Å². The van der Waals surface area contributed by atoms with Crippen LogP contribution in [-0.2, 0) is 9.09 Å². The summed E-state index contributed by atoms with van der Waals surface area (Å²) >= 11 is 0. The zero-order chi connectivity index (χ0) is 10.2. The third kappa shape index (κ3) is 10.3. The summed E-state index contributed by atoms with van der Waals surface area (Å²) in [6.07, 6.45) is -0.874. The number of hydrogen-bond donors (Lipinski definition) is 1. The third-order valence-corrected chi connectivity index (χ3v) is 1.93. The lowest BCUT2D eigenvalue weighted by Gasteiger charge is -2.10. The van der Waals surface area contributed by atoms with Crippen LogP contribution >= 0.6 is 21.1 Å². The van der Waals surface area contributed by atoms with Gasteiger partial charge in [0.15, 0.2) is 0 Å². The van der Waals surface area contributed by atoms with E-state index in [2.05, 4.69) is 4.52 Å². The maximum atomic E-state index is 12.5. The van der Waals surface area contributed by atoms with Crippen LogP contribution in [0.3, 0.4) is 0 Å². The highest BCUT2D eigenvalue weighted by Gasteiger charge is 2.29. The maximum absolute atomic E-state index is 12.5. The van der Waals surface area contributed by atoms with Crippen LogP contribution in [-0.4, -0.2) is 12.7 Å². The van der Waals surface area contributed by atoms with E-state index in [0.717, 1.165) is 12.8 Å². The Morgan fingerprint density at radius 2 is 1.79 bits per heavy atom. The van der Waals surface area contributed by atoms with Gasteiger partial charge in [-0.15, -0.1) is 12.4 Å². The number of hydrogen-bond acceptors (Lipinski definition) is 3. The lowest BCUT2D eigenvalue weighted by Crippen LogP contribution is -2.15. The molecule has 0 fully saturated rings. The van der Waals surface area contributed by atoms with Crippen LogP contribution in [0.1, 0.15) is 32.1 Å². The quantitative estimate of drug-likeness (QED) is 0.531. The molecular weight excluding hydrogens is 235 g/mol. The fraction of sp³-hybridized carbons (Fsp3) is 1.00. The van der Waals surface area contributed by atoms with E-state index in [9.17, 15) is 13.3 Å². The molecule has 0 unspecified atom stereocenters. The smallest absolute Gasteiger partial charge is 0.330 e. The second-order valence-corrected chi connectivity index (χ2v) is 3.09. The van der Waals surface area contributed by atoms with Gasteiger partial charge in [-0.1, -0.05) is 12.8 Å². The van der Waals surface area contributed by atoms with E-state index in [4.69, 9.17) is 5.73 Å². The SMILES string of the molecule is Cl.NCCCCCCC(F)(F)OP=O. The summed E-state index contributed by atoms with van der Waals surface area (Å²) in [5.41, 5.74) is 5.23. The number of alkyl halides is 2. The lowest BCUT2D eigenvalue weighted by atomic mass is 10.1. The van der Waals surface area contributed by atoms with E-state index in [1.807, 2.05) is 0 Å². The highest BCUT2D eigenvalue weighted by Crippen LogP contribution is 2.27. The molecule has 0 rings (SSSR count). The lowest BCUT2D eigenvalue weighted by molar-refractivity contribution is -0.175. The van der Waals surface area contributed by atoms with Gasteiger partial charge in [0.2, 0.25) is 0 Å². The predicted octanol–water partition coefficient (Wildman–Crippen LogP) is 3.13. The summed E-state index contributed by atoms with van der Waals surface area (Å²) in [7, 11) is -0.971. The van der Waals surface area contributed by atoms with Crippen molar-refractivity contribution in [3.63, 3.8) is 0 Å². The molecule has 0 saturated carbocycles. The molecule has 3 nitrogen and oxygen atoms in total. The first kappa shape index (κ1) is 16.6. The number of unbranched alkanes of at least 4 members (excludes halogenated alkanes) is 3. The van der Waals surface area contributed by atoms with Crippen molar-refractivity contribution in [2.24, 2.45) is 5.73 Å². The van der Waals surface area contributed by atoms with Crippen molar-refractivity contribution in [3.8, 4) is 0 Å². The Hall–Kier alpha value is 0.170. The Balaban J connectivity index is 0. The van der Waals surface area contributed by atoms with Gasteiger partial charge in [-0.2, -0.15) is 8.78 Å². The van der Waals surface area contributed by atoms with Crippen molar-refractivity contribution in [1.29, 1.82) is 0 Å². The van der Waals surface area contributed by atoms with Gasteiger partial charge in [0.25, 0.3) is 0 Å². The maximum Gasteiger partial charge on any atom is 0.365 e. The van der Waals surface area contributed by atoms with Crippen molar-refractivity contribution in [3.05, 3.63) is 0 Å². The van der Waals surface area contributed by atoms with Crippen molar-refractivity contribution < 1.29 is 17.9 Å². The summed E-state index contributed by atoms with van der Waals surface area (Å²) in [4.78, 5) is 0. The Morgan fingerprint density at radius 3 is 2.29 bits per heavy atom. The Kier molecular flexibility index (Phi) is 11.5. The molecule has 0 aromatic rings. The monoisotopic (exact) mass is 249 g/mol. The normalized spacial score (nSPS) is 11.4. The molecule has 0 aromatic carbocycles. The topological polar surface area (TPSA) is 52.3 Å². The first-order valence-corrected chi connectivity index (χ1v) is 4.94. The zero-order valence-electron chi connectivity index (χ0n) is 7.75. The second kappa shape index (κ2) is 9.71. The molecule has 0 radical (unpaired) electrons. The summed E-state index contributed by atoms with van der Waals surface area (Å²) < 4.78 is 38.4. The second-order valence-electron chi connectivity index (χ2n) is 2.76. The van der Waals surface area contributed by atoms with E-state index in [1.165, 1.54) is 0 Å². The van der Waals surface area contributed by atoms with Crippen LogP contribution in [0.25, 0.3) is 0 Å². The molecular formula is C7H15ClF2NO2P. The van der Waals surface area contributed by atoms with Crippen LogP contribution in [0.4, 0.5) is 8.78 Å². The van der Waals surface area contributed by atoms with Crippen molar-refractivity contribution in [2.45, 2.75) is 38.2 Å². The minimum atomic E-state index is -3.26. The molecule has 0 bridgehead atoms. The highest BCUT2D eigenvalue weighted by molar-refractivity contribution is 7.17. The molecule has 0 amide bonds. The van der Waals surface area contributed by atoms with Crippen LogP contribution in [0.2, 0.25) is 0 Å². The molecule has 7 heteroatoms. The van der Waals surface area contributed by atoms with Gasteiger partial charge in [0.1, 0.15) is 0 Å². The van der Waals surface area contributed by atoms with Gasteiger partial charge in [0, 0.05) is 6.42 Å². The molecule has 0 aliphatic heterocycles. The summed E-state index contributed by atoms with van der Waals surface area (Å²) in [5.74, 6) is 0. The van der Waals surface area contributed by atoms with Crippen molar-refractivity contribution in [2.75, 3.05) is 6.54 Å². The van der Waals surface area contributed by atoms with E-state index < -0.39 is 14.8 Å². The molecule has 0 spiro atoms. The average molecular weight is 250 g/mol. The Morgan fingerprint density at radius 1 is 1.21 bits per heavy atom. The standard InChI is InChI=1S/C7H14F2NO2P.ClH/c8-7(9,12-13-11)5-3-1-2-4-6-10;/h1-6,10H2;1H. The van der Waals surface area contributed by atoms with E-state index in [1.54, 1.807) is 0 Å². The van der Waals surface area contributed by atoms with E-state index in [0.29, 0.717) is 19.4 Å². The van der Waals surface area contributed by atoms with E-state index in [-0.39, 0.29) is 18.8 Å². The molecule has 86 valence electrons. The predicted molar refractivity (Wildman–Crippen MR) is 53.0 cm³/mol. The molecule has 2 N–H and O–H groups in total. The first-order valence-electron chi connectivity index (χ1n) is 4.21. The molecule has 0 aromatic heterocycles. The van der Waals surface area contributed by atoms with Crippen molar-refractivity contribution in [1.82, 2.24) is 0 Å². The number of rotatable bonds is 8. The van der Waals surface area contributed by atoms with Crippen LogP contribution in [0.15, 0.2) is 0 Å². The molecule has 0 aliphatic carbocycles. The summed E-state index contributed by atoms with van der Waals surface area (Å²) in [6, 6.07) is 0. The van der Waals surface area contributed by atoms with Crippen molar-refractivity contribution >= 4 is 21.1 Å². The number of nitrogens with two attached hydrogens (primary N) is 1. The van der Waals surface area contributed by atoms with Gasteiger partial charge in [-0.05, 0) is 19.4 Å². The van der Waals surface area contributed by atoms with Gasteiger partial charge in [-0.3, -0.25) is 0 Å². The molecule has 14 heavy (non-hydrogen) atoms. The Bertz CT molecular complexity index is 152.